The number of ether oxygens (including phenoxy) is 1. The van der Waals surface area contributed by atoms with E-state index in [1.165, 1.54) is 7.11 Å². The van der Waals surface area contributed by atoms with Gasteiger partial charge in [-0.05, 0) is 65.9 Å². The maximum Gasteiger partial charge on any atom is 0.335 e. The lowest BCUT2D eigenvalue weighted by atomic mass is 9.77. The molecule has 0 saturated carbocycles. The summed E-state index contributed by atoms with van der Waals surface area (Å²) in [5.41, 5.74) is 3.43. The van der Waals surface area contributed by atoms with Crippen LogP contribution in [0.5, 0.6) is 5.75 Å². The number of sulfonamides is 1. The monoisotopic (exact) mass is 476 g/mol. The molecule has 34 heavy (non-hydrogen) atoms. The fourth-order valence-electron chi connectivity index (χ4n) is 4.84. The highest BCUT2D eigenvalue weighted by Crippen LogP contribution is 2.50. The number of hydrogen-bond acceptors (Lipinski definition) is 5. The first-order chi connectivity index (χ1) is 16.4. The molecule has 0 aromatic heterocycles. The molecule has 2 aliphatic rings. The summed E-state index contributed by atoms with van der Waals surface area (Å²) in [7, 11) is -2.33. The molecule has 3 aromatic rings. The van der Waals surface area contributed by atoms with E-state index in [1.807, 2.05) is 12.1 Å². The molecule has 1 aliphatic heterocycles. The zero-order valence-electron chi connectivity index (χ0n) is 18.4. The van der Waals surface area contributed by atoms with Gasteiger partial charge in [-0.2, -0.15) is 0 Å². The molecule has 0 unspecified atom stereocenters. The van der Waals surface area contributed by atoms with Crippen molar-refractivity contribution in [3.05, 3.63) is 95.6 Å². The van der Waals surface area contributed by atoms with Crippen LogP contribution in [-0.4, -0.2) is 26.6 Å². The second kappa shape index (κ2) is 8.53. The number of hydrogen-bond donors (Lipinski definition) is 3. The van der Waals surface area contributed by atoms with Gasteiger partial charge in [0.2, 0.25) is 0 Å². The normalized spacial score (nSPS) is 20.7. The van der Waals surface area contributed by atoms with Gasteiger partial charge in [0.1, 0.15) is 5.75 Å². The van der Waals surface area contributed by atoms with Crippen LogP contribution in [0.2, 0.25) is 0 Å². The van der Waals surface area contributed by atoms with E-state index < -0.39 is 16.0 Å². The molecule has 3 aromatic carbocycles. The van der Waals surface area contributed by atoms with Crippen molar-refractivity contribution >= 4 is 27.4 Å². The van der Waals surface area contributed by atoms with Crippen LogP contribution in [0.15, 0.2) is 83.8 Å². The molecule has 0 saturated heterocycles. The highest BCUT2D eigenvalue weighted by molar-refractivity contribution is 7.92. The molecule has 5 rings (SSSR count). The van der Waals surface area contributed by atoms with Gasteiger partial charge in [-0.3, -0.25) is 4.72 Å². The zero-order valence-corrected chi connectivity index (χ0v) is 19.2. The molecule has 8 heteroatoms. The Balaban J connectivity index is 1.47. The molecule has 7 nitrogen and oxygen atoms in total. The highest BCUT2D eigenvalue weighted by atomic mass is 32.2. The van der Waals surface area contributed by atoms with Gasteiger partial charge >= 0.3 is 5.97 Å². The summed E-state index contributed by atoms with van der Waals surface area (Å²) in [5.74, 6) is -0.254. The molecule has 0 radical (unpaired) electrons. The Kier molecular flexibility index (Phi) is 5.53. The Morgan fingerprint density at radius 1 is 1.09 bits per heavy atom. The first kappa shape index (κ1) is 22.0. The average molecular weight is 477 g/mol. The molecule has 1 aliphatic carbocycles. The van der Waals surface area contributed by atoms with Crippen LogP contribution in [0.4, 0.5) is 11.4 Å². The molecular weight excluding hydrogens is 452 g/mol. The van der Waals surface area contributed by atoms with E-state index in [0.717, 1.165) is 23.2 Å². The number of carbonyl (C=O) groups is 1. The number of fused-ring (bicyclic) bond motifs is 3. The maximum absolute atomic E-state index is 13.2. The van der Waals surface area contributed by atoms with E-state index in [4.69, 9.17) is 4.74 Å². The quantitative estimate of drug-likeness (QED) is 0.432. The number of anilines is 2. The second-order valence-corrected chi connectivity index (χ2v) is 10.1. The lowest BCUT2D eigenvalue weighted by molar-refractivity contribution is 0.0697. The van der Waals surface area contributed by atoms with Gasteiger partial charge in [0.05, 0.1) is 29.3 Å². The molecule has 1 heterocycles. The zero-order chi connectivity index (χ0) is 23.9. The van der Waals surface area contributed by atoms with Crippen molar-refractivity contribution in [2.24, 2.45) is 5.92 Å². The molecule has 0 spiro atoms. The summed E-state index contributed by atoms with van der Waals surface area (Å²) >= 11 is 0. The first-order valence-corrected chi connectivity index (χ1v) is 12.4. The van der Waals surface area contributed by atoms with Crippen LogP contribution < -0.4 is 14.8 Å². The van der Waals surface area contributed by atoms with E-state index in [9.17, 15) is 18.3 Å². The Bertz CT molecular complexity index is 1380. The SMILES string of the molecule is COc1ccccc1NS(=O)(=O)c1ccc2c(c1)[C@H]1C=CC[C@H]1[C@@H](c1ccc(C(=O)O)cc1)N2. The van der Waals surface area contributed by atoms with Crippen molar-refractivity contribution in [3.63, 3.8) is 0 Å². The van der Waals surface area contributed by atoms with Crippen molar-refractivity contribution < 1.29 is 23.1 Å². The molecule has 3 atom stereocenters. The van der Waals surface area contributed by atoms with Gasteiger partial charge in [0, 0.05) is 11.6 Å². The van der Waals surface area contributed by atoms with Crippen LogP contribution in [0.1, 0.15) is 39.9 Å². The standard InChI is InChI=1S/C26H24N2O5S/c1-33-24-8-3-2-7-23(24)28-34(31,32)18-13-14-22-21(15-18)19-5-4-6-20(19)25(27-22)16-9-11-17(12-10-16)26(29)30/h2-5,7-15,19-20,25,27-28H,6H2,1H3,(H,29,30)/t19-,20+,25+/m0/s1. The number of allylic oxidation sites excluding steroid dienone is 2. The summed E-state index contributed by atoms with van der Waals surface area (Å²) in [4.78, 5) is 11.4. The molecule has 0 fully saturated rings. The third-order valence-corrected chi connectivity index (χ3v) is 7.88. The predicted octanol–water partition coefficient (Wildman–Crippen LogP) is 5.02. The van der Waals surface area contributed by atoms with Gasteiger partial charge in [-0.25, -0.2) is 13.2 Å². The Labute approximate surface area is 198 Å². The van der Waals surface area contributed by atoms with Crippen molar-refractivity contribution in [1.29, 1.82) is 0 Å². The first-order valence-electron chi connectivity index (χ1n) is 10.9. The van der Waals surface area contributed by atoms with E-state index in [0.29, 0.717) is 11.4 Å². The van der Waals surface area contributed by atoms with Gasteiger partial charge < -0.3 is 15.2 Å². The lowest BCUT2D eigenvalue weighted by Gasteiger charge is -2.37. The van der Waals surface area contributed by atoms with Gasteiger partial charge in [-0.1, -0.05) is 36.4 Å². The Hall–Kier alpha value is -3.78. The van der Waals surface area contributed by atoms with Crippen molar-refractivity contribution in [3.8, 4) is 5.75 Å². The summed E-state index contributed by atoms with van der Waals surface area (Å²) in [6.45, 7) is 0. The van der Waals surface area contributed by atoms with E-state index >= 15 is 0 Å². The van der Waals surface area contributed by atoms with Crippen LogP contribution in [0, 0.1) is 5.92 Å². The van der Waals surface area contributed by atoms with E-state index in [1.54, 1.807) is 54.6 Å². The minimum Gasteiger partial charge on any atom is -0.495 e. The molecule has 0 bridgehead atoms. The number of rotatable bonds is 6. The fraction of sp³-hybridized carbons (Fsp3) is 0.192. The second-order valence-electron chi connectivity index (χ2n) is 8.46. The summed E-state index contributed by atoms with van der Waals surface area (Å²) in [6, 6.07) is 18.9. The molecular formula is C26H24N2O5S. The van der Waals surface area contributed by atoms with Crippen molar-refractivity contribution in [2.45, 2.75) is 23.3 Å². The summed E-state index contributed by atoms with van der Waals surface area (Å²) in [5, 5.41) is 12.8. The smallest absolute Gasteiger partial charge is 0.335 e. The number of methoxy groups -OCH3 is 1. The highest BCUT2D eigenvalue weighted by Gasteiger charge is 2.38. The molecule has 3 N–H and O–H groups in total. The average Bonchev–Trinajstić information content (AvgIpc) is 3.34. The number of carboxylic acid groups (broad SMARTS) is 1. The maximum atomic E-state index is 13.2. The van der Waals surface area contributed by atoms with Crippen LogP contribution in [0.25, 0.3) is 0 Å². The van der Waals surface area contributed by atoms with Crippen LogP contribution in [0.3, 0.4) is 0 Å². The number of nitrogens with one attached hydrogen (secondary N) is 2. The third-order valence-electron chi connectivity index (χ3n) is 6.51. The Morgan fingerprint density at radius 3 is 2.59 bits per heavy atom. The van der Waals surface area contributed by atoms with E-state index in [-0.39, 0.29) is 28.3 Å². The minimum absolute atomic E-state index is 0.00972. The van der Waals surface area contributed by atoms with Crippen molar-refractivity contribution in [1.82, 2.24) is 0 Å². The van der Waals surface area contributed by atoms with Crippen LogP contribution in [-0.2, 0) is 10.0 Å². The van der Waals surface area contributed by atoms with Gasteiger partial charge in [0.25, 0.3) is 10.0 Å². The summed E-state index contributed by atoms with van der Waals surface area (Å²) < 4.78 is 34.2. The number of carboxylic acids is 1. The van der Waals surface area contributed by atoms with Gasteiger partial charge in [0.15, 0.2) is 0 Å². The fourth-order valence-corrected chi connectivity index (χ4v) is 5.94. The predicted molar refractivity (Wildman–Crippen MR) is 130 cm³/mol. The number of aromatic carboxylic acids is 1. The topological polar surface area (TPSA) is 105 Å². The third kappa shape index (κ3) is 3.90. The number of benzene rings is 3. The summed E-state index contributed by atoms with van der Waals surface area (Å²) in [6.07, 6.45) is 5.10. The van der Waals surface area contributed by atoms with Crippen LogP contribution >= 0.6 is 0 Å². The molecule has 0 amide bonds. The molecule has 174 valence electrons. The lowest BCUT2D eigenvalue weighted by Crippen LogP contribution is -2.29. The largest absolute Gasteiger partial charge is 0.495 e. The van der Waals surface area contributed by atoms with Gasteiger partial charge in [-0.15, -0.1) is 0 Å². The Morgan fingerprint density at radius 2 is 1.85 bits per heavy atom. The van der Waals surface area contributed by atoms with Crippen molar-refractivity contribution in [2.75, 3.05) is 17.1 Å². The minimum atomic E-state index is -3.82. The van der Waals surface area contributed by atoms with E-state index in [2.05, 4.69) is 22.2 Å². The number of para-hydroxylation sites is 2.